The molecule has 472 valence electrons. The Morgan fingerprint density at radius 2 is 0.729 bits per heavy atom. The molecule has 2 aliphatic heterocycles. The minimum atomic E-state index is -0.249. The molecule has 0 aliphatic carbocycles. The van der Waals surface area contributed by atoms with Crippen LogP contribution in [-0.4, -0.2) is 58.7 Å². The molecular formula is C73H110N2O6S4. The van der Waals surface area contributed by atoms with Gasteiger partial charge in [0, 0.05) is 37.5 Å². The van der Waals surface area contributed by atoms with Crippen molar-refractivity contribution in [1.82, 2.24) is 9.80 Å². The van der Waals surface area contributed by atoms with E-state index in [0.717, 1.165) is 200 Å². The molecule has 1 aromatic carbocycles. The molecule has 5 aromatic rings. The molecule has 0 saturated heterocycles. The van der Waals surface area contributed by atoms with Gasteiger partial charge in [0.2, 0.25) is 0 Å². The first kappa shape index (κ1) is 68.9. The van der Waals surface area contributed by atoms with Crippen LogP contribution in [0.3, 0.4) is 0 Å². The fraction of sp³-hybridized carbons (Fsp3) is 0.699. The number of imide groups is 2. The Balaban J connectivity index is 1.40. The second kappa shape index (κ2) is 35.6. The van der Waals surface area contributed by atoms with Gasteiger partial charge in [-0.2, -0.15) is 0 Å². The number of carbonyl (C=O) groups is 4. The van der Waals surface area contributed by atoms with Crippen molar-refractivity contribution in [3.63, 3.8) is 0 Å². The fourth-order valence-electron chi connectivity index (χ4n) is 13.4. The summed E-state index contributed by atoms with van der Waals surface area (Å²) in [6.07, 6.45) is 38.1. The minimum Gasteiger partial charge on any atom is -0.491 e. The van der Waals surface area contributed by atoms with Crippen molar-refractivity contribution >= 4 is 89.1 Å². The predicted molar refractivity (Wildman–Crippen MR) is 367 cm³/mol. The van der Waals surface area contributed by atoms with Crippen molar-refractivity contribution in [3.8, 4) is 31.0 Å². The van der Waals surface area contributed by atoms with Crippen molar-refractivity contribution in [2.75, 3.05) is 13.2 Å². The van der Waals surface area contributed by atoms with Gasteiger partial charge in [0.25, 0.3) is 23.6 Å². The molecule has 6 heterocycles. The summed E-state index contributed by atoms with van der Waals surface area (Å²) in [4.78, 5) is 70.7. The largest absolute Gasteiger partial charge is 0.491 e. The number of benzene rings is 1. The molecular weight excluding hydrogens is 1130 g/mol. The van der Waals surface area contributed by atoms with Gasteiger partial charge >= 0.3 is 0 Å². The molecule has 0 spiro atoms. The molecule has 7 rings (SSSR count). The van der Waals surface area contributed by atoms with Crippen LogP contribution in [0.2, 0.25) is 0 Å². The van der Waals surface area contributed by atoms with E-state index >= 15 is 19.2 Å². The van der Waals surface area contributed by atoms with Gasteiger partial charge in [-0.3, -0.25) is 29.0 Å². The third-order valence-corrected chi connectivity index (χ3v) is 23.5. The van der Waals surface area contributed by atoms with E-state index in [0.29, 0.717) is 57.1 Å². The molecule has 0 fully saturated rings. The van der Waals surface area contributed by atoms with Crippen molar-refractivity contribution in [2.24, 2.45) is 11.8 Å². The van der Waals surface area contributed by atoms with Crippen LogP contribution in [0.15, 0.2) is 12.1 Å². The summed E-state index contributed by atoms with van der Waals surface area (Å²) in [7, 11) is 0. The quantitative estimate of drug-likeness (QED) is 0.0285. The van der Waals surface area contributed by atoms with Crippen LogP contribution in [0.1, 0.15) is 331 Å². The zero-order valence-corrected chi connectivity index (χ0v) is 57.9. The highest BCUT2D eigenvalue weighted by Gasteiger charge is 2.49. The monoisotopic (exact) mass is 1240 g/mol. The number of aryl methyl sites for hydroxylation is 2. The smallest absolute Gasteiger partial charge is 0.263 e. The Labute approximate surface area is 530 Å². The summed E-state index contributed by atoms with van der Waals surface area (Å²) in [6.45, 7) is 23.4. The number of amides is 4. The van der Waals surface area contributed by atoms with Crippen LogP contribution in [0.5, 0.6) is 11.5 Å². The first-order valence-corrected chi connectivity index (χ1v) is 38.0. The van der Waals surface area contributed by atoms with Gasteiger partial charge in [0.05, 0.1) is 59.5 Å². The van der Waals surface area contributed by atoms with Gasteiger partial charge in [0.15, 0.2) is 0 Å². The first-order valence-electron chi connectivity index (χ1n) is 34.7. The first-order chi connectivity index (χ1) is 41.4. The topological polar surface area (TPSA) is 93.2 Å². The van der Waals surface area contributed by atoms with E-state index in [1.54, 1.807) is 32.5 Å². The molecule has 2 aliphatic rings. The highest BCUT2D eigenvalue weighted by Crippen LogP contribution is 2.57. The van der Waals surface area contributed by atoms with Gasteiger partial charge in [-0.15, -0.1) is 45.3 Å². The van der Waals surface area contributed by atoms with Crippen molar-refractivity contribution in [2.45, 2.75) is 306 Å². The lowest BCUT2D eigenvalue weighted by molar-refractivity contribution is 0.0546. The lowest BCUT2D eigenvalue weighted by atomic mass is 9.98. The van der Waals surface area contributed by atoms with Crippen LogP contribution >= 0.6 is 45.3 Å². The Morgan fingerprint density at radius 1 is 0.376 bits per heavy atom. The van der Waals surface area contributed by atoms with Gasteiger partial charge in [-0.25, -0.2) is 0 Å². The average Bonchev–Trinajstić information content (AvgIpc) is 1.62. The number of carbonyl (C=O) groups excluding carboxylic acids is 4. The molecule has 4 aromatic heterocycles. The second-order valence-corrected chi connectivity index (χ2v) is 30.0. The van der Waals surface area contributed by atoms with Gasteiger partial charge in [-0.1, -0.05) is 242 Å². The maximum absolute atomic E-state index is 16.0. The molecule has 3 atom stereocenters. The second-order valence-electron chi connectivity index (χ2n) is 25.5. The SMILES string of the molecule is CCCCCCCCC(CCCCCCC)N1C(=O)c2c(C)sc(-c3sc(-c4cc5c(OCC(CC)CCCC)c6sc(C)cc6c(OCC(CC)CCCC)c5s4)c4c3C(=O)N(C(CCCCCCCC)CCCCCCCC)C4=O)c2C1=O. The number of fused-ring (bicyclic) bond motifs is 4. The molecule has 12 heteroatoms. The summed E-state index contributed by atoms with van der Waals surface area (Å²) in [6, 6.07) is 4.07. The summed E-state index contributed by atoms with van der Waals surface area (Å²) in [5.41, 5.74) is 1.78. The van der Waals surface area contributed by atoms with Crippen LogP contribution < -0.4 is 9.47 Å². The lowest BCUT2D eigenvalue weighted by Gasteiger charge is -2.27. The van der Waals surface area contributed by atoms with Crippen molar-refractivity contribution in [3.05, 3.63) is 44.1 Å². The highest BCUT2D eigenvalue weighted by molar-refractivity contribution is 7.29. The number of nitrogens with zero attached hydrogens (tertiary/aromatic N) is 2. The van der Waals surface area contributed by atoms with Crippen LogP contribution in [0.25, 0.3) is 39.7 Å². The standard InChI is InChI=1S/C73H110N2O6S4/c1-11-19-25-29-33-37-43-54(42-36-32-28-22-14-4)74-70(76)59-51(10)83-68(60(59)71(74)77)69-62-61(72(78)75(73(62)79)55(44-38-34-30-26-20-12-2)45-39-35-31-27-21-13-3)67(85-69)58-47-57-64(81-49-53(18-8)41-24-16-6)65-56(46-50(9)82-65)63(66(57)84-58)80-48-52(17-7)40-23-15-5/h46-47,52-55H,11-45,48-49H2,1-10H3. The predicted octanol–water partition coefficient (Wildman–Crippen LogP) is 23.9. The van der Waals surface area contributed by atoms with Crippen LogP contribution in [0, 0.1) is 25.7 Å². The molecule has 0 radical (unpaired) electrons. The Kier molecular flexibility index (Phi) is 28.8. The summed E-state index contributed by atoms with van der Waals surface area (Å²) >= 11 is 6.33. The van der Waals surface area contributed by atoms with Gasteiger partial charge < -0.3 is 9.47 Å². The highest BCUT2D eigenvalue weighted by atomic mass is 32.1. The van der Waals surface area contributed by atoms with Crippen molar-refractivity contribution < 1.29 is 28.7 Å². The fourth-order valence-corrected chi connectivity index (χ4v) is 18.2. The number of rotatable bonds is 45. The summed E-state index contributed by atoms with van der Waals surface area (Å²) < 4.78 is 16.4. The maximum Gasteiger partial charge on any atom is 0.263 e. The third kappa shape index (κ3) is 17.2. The van der Waals surface area contributed by atoms with Crippen LogP contribution in [-0.2, 0) is 0 Å². The molecule has 0 bridgehead atoms. The zero-order chi connectivity index (χ0) is 60.8. The molecule has 85 heavy (non-hydrogen) atoms. The van der Waals surface area contributed by atoms with Crippen molar-refractivity contribution in [1.29, 1.82) is 0 Å². The van der Waals surface area contributed by atoms with Crippen LogP contribution in [0.4, 0.5) is 0 Å². The van der Waals surface area contributed by atoms with Gasteiger partial charge in [-0.05, 0) is 76.3 Å². The molecule has 0 saturated carbocycles. The lowest BCUT2D eigenvalue weighted by Crippen LogP contribution is -2.40. The Morgan fingerprint density at radius 3 is 1.15 bits per heavy atom. The summed E-state index contributed by atoms with van der Waals surface area (Å²) in [5.74, 6) is 1.68. The minimum absolute atomic E-state index is 0.186. The maximum atomic E-state index is 16.0. The number of thiophene rings is 4. The third-order valence-electron chi connectivity index (χ3n) is 18.7. The number of ether oxygens (including phenoxy) is 2. The van der Waals surface area contributed by atoms with E-state index in [1.165, 1.54) is 98.2 Å². The summed E-state index contributed by atoms with van der Waals surface area (Å²) in [5, 5.41) is 2.05. The van der Waals surface area contributed by atoms with E-state index < -0.39 is 0 Å². The van der Waals surface area contributed by atoms with Gasteiger partial charge in [0.1, 0.15) is 11.5 Å². The van der Waals surface area contributed by atoms with E-state index in [9.17, 15) is 0 Å². The molecule has 4 amide bonds. The number of unbranched alkanes of at least 4 members (excludes halogenated alkanes) is 21. The number of hydrogen-bond acceptors (Lipinski definition) is 10. The van der Waals surface area contributed by atoms with E-state index in [1.807, 2.05) is 6.92 Å². The average molecular weight is 1240 g/mol. The Hall–Kier alpha value is -3.58. The number of hydrogen-bond donors (Lipinski definition) is 0. The normalized spacial score (nSPS) is 14.6. The molecule has 0 N–H and O–H groups in total. The van der Waals surface area contributed by atoms with E-state index in [2.05, 4.69) is 74.4 Å². The van der Waals surface area contributed by atoms with E-state index in [-0.39, 0.29) is 35.7 Å². The zero-order valence-electron chi connectivity index (χ0n) is 54.6. The molecule has 3 unspecified atom stereocenters. The van der Waals surface area contributed by atoms with E-state index in [4.69, 9.17) is 9.47 Å². The Bertz CT molecular complexity index is 2810. The molecule has 8 nitrogen and oxygen atoms in total.